The first-order valence-electron chi connectivity index (χ1n) is 4.27. The molecule has 0 radical (unpaired) electrons. The molecule has 0 spiro atoms. The Kier molecular flexibility index (Phi) is 8.19. The van der Waals surface area contributed by atoms with Crippen molar-refractivity contribution in [3.63, 3.8) is 0 Å². The van der Waals surface area contributed by atoms with Crippen molar-refractivity contribution in [2.45, 2.75) is 26.3 Å². The van der Waals surface area contributed by atoms with E-state index in [1.165, 1.54) is 11.5 Å². The monoisotopic (exact) mass is 173 g/mol. The third-order valence-corrected chi connectivity index (χ3v) is 2.51. The summed E-state index contributed by atoms with van der Waals surface area (Å²) >= 11 is 1.99. The Labute approximate surface area is 74.6 Å². The average molecular weight is 173 g/mol. The zero-order valence-corrected chi connectivity index (χ0v) is 8.41. The van der Waals surface area contributed by atoms with Gasteiger partial charge in [-0.05, 0) is 18.7 Å². The second kappa shape index (κ2) is 8.15. The molecule has 0 saturated heterocycles. The van der Waals surface area contributed by atoms with Crippen LogP contribution in [0.15, 0.2) is 12.7 Å². The second-order valence-electron chi connectivity index (χ2n) is 2.44. The van der Waals surface area contributed by atoms with E-state index in [0.717, 1.165) is 13.0 Å². The lowest BCUT2D eigenvalue weighted by molar-refractivity contribution is 0.582. The minimum absolute atomic E-state index is 0.627. The second-order valence-corrected chi connectivity index (χ2v) is 3.76. The van der Waals surface area contributed by atoms with Crippen LogP contribution in [0.4, 0.5) is 0 Å². The van der Waals surface area contributed by atoms with Gasteiger partial charge in [-0.15, -0.1) is 6.58 Å². The van der Waals surface area contributed by atoms with Gasteiger partial charge in [0.2, 0.25) is 0 Å². The maximum atomic E-state index is 3.74. The van der Waals surface area contributed by atoms with Crippen molar-refractivity contribution in [1.82, 2.24) is 5.32 Å². The minimum atomic E-state index is 0.627. The van der Waals surface area contributed by atoms with E-state index in [-0.39, 0.29) is 0 Å². The van der Waals surface area contributed by atoms with Gasteiger partial charge in [-0.1, -0.05) is 19.9 Å². The first kappa shape index (κ1) is 11.1. The Morgan fingerprint density at radius 3 is 2.73 bits per heavy atom. The number of hydrogen-bond acceptors (Lipinski definition) is 2. The summed E-state index contributed by atoms with van der Waals surface area (Å²) in [7, 11) is 0. The molecule has 66 valence electrons. The molecule has 0 bridgehead atoms. The SMILES string of the molecule is C=CCC(CSCC)NCC. The predicted molar refractivity (Wildman–Crippen MR) is 55.3 cm³/mol. The zero-order valence-electron chi connectivity index (χ0n) is 7.60. The van der Waals surface area contributed by atoms with Crippen molar-refractivity contribution in [2.75, 3.05) is 18.1 Å². The predicted octanol–water partition coefficient (Wildman–Crippen LogP) is 2.29. The fourth-order valence-corrected chi connectivity index (χ4v) is 1.73. The molecular formula is C9H19NS. The molecule has 0 saturated carbocycles. The Balaban J connectivity index is 3.41. The Bertz CT molecular complexity index is 93.6. The number of rotatable bonds is 7. The van der Waals surface area contributed by atoms with E-state index in [1.54, 1.807) is 0 Å². The van der Waals surface area contributed by atoms with Crippen LogP contribution in [0.3, 0.4) is 0 Å². The molecule has 0 amide bonds. The Morgan fingerprint density at radius 1 is 1.55 bits per heavy atom. The average Bonchev–Trinajstić information content (AvgIpc) is 2.01. The van der Waals surface area contributed by atoms with E-state index in [9.17, 15) is 0 Å². The van der Waals surface area contributed by atoms with Crippen LogP contribution in [-0.4, -0.2) is 24.1 Å². The molecule has 0 aliphatic heterocycles. The normalized spacial score (nSPS) is 12.9. The number of nitrogens with one attached hydrogen (secondary N) is 1. The maximum Gasteiger partial charge on any atom is 0.0192 e. The van der Waals surface area contributed by atoms with Crippen molar-refractivity contribution in [1.29, 1.82) is 0 Å². The van der Waals surface area contributed by atoms with E-state index >= 15 is 0 Å². The quantitative estimate of drug-likeness (QED) is 0.593. The molecule has 0 heterocycles. The third-order valence-electron chi connectivity index (χ3n) is 1.47. The summed E-state index contributed by atoms with van der Waals surface area (Å²) in [5.41, 5.74) is 0. The minimum Gasteiger partial charge on any atom is -0.313 e. The summed E-state index contributed by atoms with van der Waals surface area (Å²) in [6.45, 7) is 9.14. The van der Waals surface area contributed by atoms with Crippen LogP contribution in [-0.2, 0) is 0 Å². The van der Waals surface area contributed by atoms with Gasteiger partial charge in [-0.25, -0.2) is 0 Å². The van der Waals surface area contributed by atoms with Crippen LogP contribution < -0.4 is 5.32 Å². The van der Waals surface area contributed by atoms with Crippen LogP contribution >= 0.6 is 11.8 Å². The summed E-state index contributed by atoms with van der Waals surface area (Å²) in [6, 6.07) is 0.627. The fourth-order valence-electron chi connectivity index (χ4n) is 0.960. The molecule has 11 heavy (non-hydrogen) atoms. The summed E-state index contributed by atoms with van der Waals surface area (Å²) in [4.78, 5) is 0. The molecule has 1 nitrogen and oxygen atoms in total. The van der Waals surface area contributed by atoms with Gasteiger partial charge < -0.3 is 5.32 Å². The van der Waals surface area contributed by atoms with Gasteiger partial charge >= 0.3 is 0 Å². The summed E-state index contributed by atoms with van der Waals surface area (Å²) in [5, 5.41) is 3.43. The highest BCUT2D eigenvalue weighted by Crippen LogP contribution is 2.04. The lowest BCUT2D eigenvalue weighted by Gasteiger charge is -2.14. The van der Waals surface area contributed by atoms with Gasteiger partial charge in [-0.3, -0.25) is 0 Å². The van der Waals surface area contributed by atoms with E-state index in [1.807, 2.05) is 17.8 Å². The summed E-state index contributed by atoms with van der Waals surface area (Å²) < 4.78 is 0. The fraction of sp³-hybridized carbons (Fsp3) is 0.778. The molecule has 0 aromatic rings. The highest BCUT2D eigenvalue weighted by atomic mass is 32.2. The van der Waals surface area contributed by atoms with Crippen molar-refractivity contribution in [2.24, 2.45) is 0 Å². The van der Waals surface area contributed by atoms with Crippen molar-refractivity contribution in [3.05, 3.63) is 12.7 Å². The molecule has 0 aromatic carbocycles. The van der Waals surface area contributed by atoms with Gasteiger partial charge in [0.25, 0.3) is 0 Å². The Hall–Kier alpha value is 0.0500. The topological polar surface area (TPSA) is 12.0 Å². The molecule has 0 fully saturated rings. The van der Waals surface area contributed by atoms with Gasteiger partial charge in [0.15, 0.2) is 0 Å². The van der Waals surface area contributed by atoms with Gasteiger partial charge in [0, 0.05) is 11.8 Å². The smallest absolute Gasteiger partial charge is 0.0192 e. The molecule has 2 heteroatoms. The van der Waals surface area contributed by atoms with E-state index in [4.69, 9.17) is 0 Å². The molecule has 1 N–H and O–H groups in total. The lowest BCUT2D eigenvalue weighted by atomic mass is 10.2. The lowest BCUT2D eigenvalue weighted by Crippen LogP contribution is -2.30. The van der Waals surface area contributed by atoms with Gasteiger partial charge in [-0.2, -0.15) is 11.8 Å². The molecule has 0 rings (SSSR count). The summed E-state index contributed by atoms with van der Waals surface area (Å²) in [5.74, 6) is 2.41. The third kappa shape index (κ3) is 6.45. The number of hydrogen-bond donors (Lipinski definition) is 1. The van der Waals surface area contributed by atoms with Crippen LogP contribution in [0, 0.1) is 0 Å². The van der Waals surface area contributed by atoms with Gasteiger partial charge in [0.05, 0.1) is 0 Å². The highest BCUT2D eigenvalue weighted by Gasteiger charge is 2.02. The molecule has 0 aliphatic rings. The van der Waals surface area contributed by atoms with Crippen molar-refractivity contribution >= 4 is 11.8 Å². The Morgan fingerprint density at radius 2 is 2.27 bits per heavy atom. The first-order chi connectivity index (χ1) is 5.35. The molecule has 0 aromatic heterocycles. The van der Waals surface area contributed by atoms with Crippen molar-refractivity contribution < 1.29 is 0 Å². The standard InChI is InChI=1S/C9H19NS/c1-4-7-9(10-5-2)8-11-6-3/h4,9-10H,1,5-8H2,2-3H3. The van der Waals surface area contributed by atoms with Crippen LogP contribution in [0.25, 0.3) is 0 Å². The first-order valence-corrected chi connectivity index (χ1v) is 5.42. The van der Waals surface area contributed by atoms with E-state index < -0.39 is 0 Å². The molecule has 1 unspecified atom stereocenters. The summed E-state index contributed by atoms with van der Waals surface area (Å²) in [6.07, 6.45) is 3.07. The van der Waals surface area contributed by atoms with Crippen LogP contribution in [0.5, 0.6) is 0 Å². The largest absolute Gasteiger partial charge is 0.313 e. The molecule has 1 atom stereocenters. The molecular weight excluding hydrogens is 154 g/mol. The van der Waals surface area contributed by atoms with E-state index in [0.29, 0.717) is 6.04 Å². The number of thioether (sulfide) groups is 1. The highest BCUT2D eigenvalue weighted by molar-refractivity contribution is 7.99. The van der Waals surface area contributed by atoms with Crippen LogP contribution in [0.2, 0.25) is 0 Å². The van der Waals surface area contributed by atoms with Crippen LogP contribution in [0.1, 0.15) is 20.3 Å². The molecule has 0 aliphatic carbocycles. The van der Waals surface area contributed by atoms with Crippen molar-refractivity contribution in [3.8, 4) is 0 Å². The maximum absolute atomic E-state index is 3.74. The van der Waals surface area contributed by atoms with Gasteiger partial charge in [0.1, 0.15) is 0 Å². The zero-order chi connectivity index (χ0) is 8.53. The van der Waals surface area contributed by atoms with E-state index in [2.05, 4.69) is 25.7 Å².